The van der Waals surface area contributed by atoms with Crippen molar-refractivity contribution in [2.45, 2.75) is 6.42 Å². The lowest BCUT2D eigenvalue weighted by atomic mass is 10.0. The Labute approximate surface area is 140 Å². The number of phenolic OH excluding ortho intramolecular Hbond substituents is 1. The molecule has 0 aliphatic rings. The molecule has 0 amide bonds. The number of nitrogens with zero attached hydrogens (tertiary/aromatic N) is 1. The van der Waals surface area contributed by atoms with Crippen LogP contribution in [0, 0.1) is 0 Å². The van der Waals surface area contributed by atoms with Crippen molar-refractivity contribution in [2.24, 2.45) is 4.99 Å². The van der Waals surface area contributed by atoms with E-state index in [9.17, 15) is 9.90 Å². The third-order valence-corrected chi connectivity index (χ3v) is 3.67. The van der Waals surface area contributed by atoms with E-state index in [1.807, 2.05) is 48.5 Å². The lowest BCUT2D eigenvalue weighted by molar-refractivity contribution is 0.100. The third kappa shape index (κ3) is 3.76. The second-order valence-electron chi connectivity index (χ2n) is 5.38. The Morgan fingerprint density at radius 3 is 1.92 bits per heavy atom. The van der Waals surface area contributed by atoms with Crippen molar-refractivity contribution < 1.29 is 9.90 Å². The average molecular weight is 315 g/mol. The van der Waals surface area contributed by atoms with E-state index in [4.69, 9.17) is 0 Å². The molecule has 3 nitrogen and oxygen atoms in total. The number of hydrogen-bond acceptors (Lipinski definition) is 3. The first-order valence-electron chi connectivity index (χ1n) is 7.73. The summed E-state index contributed by atoms with van der Waals surface area (Å²) in [6.07, 6.45) is 0.169. The summed E-state index contributed by atoms with van der Waals surface area (Å²) < 4.78 is 0. The van der Waals surface area contributed by atoms with Crippen LogP contribution in [0.15, 0.2) is 89.9 Å². The van der Waals surface area contributed by atoms with E-state index in [1.54, 1.807) is 36.4 Å². The van der Waals surface area contributed by atoms with Gasteiger partial charge < -0.3 is 5.11 Å². The largest absolute Gasteiger partial charge is 0.506 e. The van der Waals surface area contributed by atoms with Gasteiger partial charge >= 0.3 is 0 Å². The Kier molecular flexibility index (Phi) is 4.82. The van der Waals surface area contributed by atoms with Gasteiger partial charge in [0, 0.05) is 5.56 Å². The van der Waals surface area contributed by atoms with Crippen molar-refractivity contribution >= 4 is 17.2 Å². The highest BCUT2D eigenvalue weighted by molar-refractivity contribution is 6.16. The molecule has 3 heteroatoms. The summed E-state index contributed by atoms with van der Waals surface area (Å²) in [4.78, 5) is 17.1. The molecule has 0 spiro atoms. The lowest BCUT2D eigenvalue weighted by Gasteiger charge is -2.08. The van der Waals surface area contributed by atoms with Crippen LogP contribution in [0.1, 0.15) is 22.3 Å². The maximum atomic E-state index is 12.6. The van der Waals surface area contributed by atoms with Crippen LogP contribution in [0.4, 0.5) is 5.69 Å². The zero-order valence-electron chi connectivity index (χ0n) is 13.1. The molecular weight excluding hydrogens is 298 g/mol. The molecule has 0 unspecified atom stereocenters. The molecule has 0 radical (unpaired) electrons. The first kappa shape index (κ1) is 15.7. The van der Waals surface area contributed by atoms with Gasteiger partial charge in [0.15, 0.2) is 5.78 Å². The Hall–Kier alpha value is -3.20. The number of aliphatic imine (C=N–C) groups is 1. The molecule has 1 N–H and O–H groups in total. The van der Waals surface area contributed by atoms with Gasteiger partial charge in [-0.05, 0) is 17.7 Å². The van der Waals surface area contributed by atoms with Crippen LogP contribution in [0.3, 0.4) is 0 Å². The zero-order chi connectivity index (χ0) is 16.8. The van der Waals surface area contributed by atoms with E-state index in [0.29, 0.717) is 17.0 Å². The summed E-state index contributed by atoms with van der Waals surface area (Å²) in [6, 6.07) is 25.6. The van der Waals surface area contributed by atoms with Gasteiger partial charge in [-0.1, -0.05) is 72.8 Å². The number of carbonyl (C=O) groups excluding carboxylic acids is 1. The van der Waals surface area contributed by atoms with E-state index in [1.165, 1.54) is 0 Å². The quantitative estimate of drug-likeness (QED) is 0.544. The summed E-state index contributed by atoms with van der Waals surface area (Å²) >= 11 is 0. The van der Waals surface area contributed by atoms with Gasteiger partial charge in [-0.2, -0.15) is 0 Å². The molecule has 0 atom stereocenters. The fourth-order valence-electron chi connectivity index (χ4n) is 2.42. The number of para-hydroxylation sites is 2. The number of benzene rings is 3. The van der Waals surface area contributed by atoms with Crippen LogP contribution < -0.4 is 0 Å². The number of Topliss-reactive ketones (excluding diaryl/α,β-unsaturated/α-hetero) is 1. The van der Waals surface area contributed by atoms with E-state index < -0.39 is 0 Å². The second-order valence-corrected chi connectivity index (χ2v) is 5.38. The molecule has 0 saturated carbocycles. The van der Waals surface area contributed by atoms with Crippen LogP contribution >= 0.6 is 0 Å². The number of hydrogen-bond donors (Lipinski definition) is 1. The summed E-state index contributed by atoms with van der Waals surface area (Å²) in [6.45, 7) is 0. The van der Waals surface area contributed by atoms with E-state index in [0.717, 1.165) is 5.56 Å². The highest BCUT2D eigenvalue weighted by Crippen LogP contribution is 2.26. The molecule has 118 valence electrons. The van der Waals surface area contributed by atoms with Crippen LogP contribution in [0.2, 0.25) is 0 Å². The van der Waals surface area contributed by atoms with Crippen LogP contribution in [0.25, 0.3) is 0 Å². The van der Waals surface area contributed by atoms with Gasteiger partial charge in [0.25, 0.3) is 0 Å². The fourth-order valence-corrected chi connectivity index (χ4v) is 2.42. The molecule has 0 saturated heterocycles. The normalized spacial score (nSPS) is 11.2. The Morgan fingerprint density at radius 1 is 0.750 bits per heavy atom. The van der Waals surface area contributed by atoms with Crippen molar-refractivity contribution in [3.8, 4) is 5.75 Å². The maximum Gasteiger partial charge on any atom is 0.168 e. The third-order valence-electron chi connectivity index (χ3n) is 3.67. The van der Waals surface area contributed by atoms with Gasteiger partial charge in [-0.15, -0.1) is 0 Å². The Bertz CT molecular complexity index is 855. The minimum atomic E-state index is -0.00590. The molecule has 0 fully saturated rings. The van der Waals surface area contributed by atoms with Gasteiger partial charge in [0.1, 0.15) is 11.4 Å². The van der Waals surface area contributed by atoms with Crippen molar-refractivity contribution in [3.63, 3.8) is 0 Å². The number of phenols is 1. The van der Waals surface area contributed by atoms with Crippen LogP contribution in [-0.2, 0) is 0 Å². The predicted molar refractivity (Wildman–Crippen MR) is 96.1 cm³/mol. The van der Waals surface area contributed by atoms with Crippen molar-refractivity contribution in [1.29, 1.82) is 0 Å². The number of ketones is 1. The van der Waals surface area contributed by atoms with Crippen molar-refractivity contribution in [1.82, 2.24) is 0 Å². The molecule has 3 rings (SSSR count). The SMILES string of the molecule is O=C(CC(=Nc1ccccc1O)c1ccccc1)c1ccccc1. The van der Waals surface area contributed by atoms with E-state index in [-0.39, 0.29) is 18.0 Å². The number of carbonyl (C=O) groups is 1. The minimum Gasteiger partial charge on any atom is -0.506 e. The van der Waals surface area contributed by atoms with E-state index >= 15 is 0 Å². The Balaban J connectivity index is 1.97. The van der Waals surface area contributed by atoms with Crippen LogP contribution in [-0.4, -0.2) is 16.6 Å². The first-order valence-corrected chi connectivity index (χ1v) is 7.73. The molecule has 0 aromatic heterocycles. The lowest BCUT2D eigenvalue weighted by Crippen LogP contribution is -2.09. The first-order chi connectivity index (χ1) is 11.7. The zero-order valence-corrected chi connectivity index (χ0v) is 13.1. The molecular formula is C21H17NO2. The number of rotatable bonds is 5. The van der Waals surface area contributed by atoms with Gasteiger partial charge in [-0.3, -0.25) is 4.79 Å². The van der Waals surface area contributed by atoms with Crippen molar-refractivity contribution in [2.75, 3.05) is 0 Å². The highest BCUT2D eigenvalue weighted by Gasteiger charge is 2.13. The van der Waals surface area contributed by atoms with Gasteiger partial charge in [0.2, 0.25) is 0 Å². The summed E-state index contributed by atoms with van der Waals surface area (Å²) in [5.74, 6) is 0.0896. The van der Waals surface area contributed by atoms with Crippen LogP contribution in [0.5, 0.6) is 5.75 Å². The fraction of sp³-hybridized carbons (Fsp3) is 0.0476. The maximum absolute atomic E-state index is 12.6. The standard InChI is InChI=1S/C21H17NO2/c23-20-14-8-7-13-18(20)22-19(16-9-3-1-4-10-16)15-21(24)17-11-5-2-6-12-17/h1-14,23H,15H2. The number of aromatic hydroxyl groups is 1. The topological polar surface area (TPSA) is 49.7 Å². The summed E-state index contributed by atoms with van der Waals surface area (Å²) in [5.41, 5.74) is 2.60. The molecule has 24 heavy (non-hydrogen) atoms. The molecule has 0 bridgehead atoms. The van der Waals surface area contributed by atoms with Crippen molar-refractivity contribution in [3.05, 3.63) is 96.1 Å². The highest BCUT2D eigenvalue weighted by atomic mass is 16.3. The monoisotopic (exact) mass is 315 g/mol. The predicted octanol–water partition coefficient (Wildman–Crippen LogP) is 4.79. The van der Waals surface area contributed by atoms with Gasteiger partial charge in [0.05, 0.1) is 12.1 Å². The van der Waals surface area contributed by atoms with Gasteiger partial charge in [-0.25, -0.2) is 4.99 Å². The Morgan fingerprint density at radius 2 is 1.29 bits per heavy atom. The molecule has 0 aliphatic heterocycles. The molecule has 0 heterocycles. The molecule has 0 aliphatic carbocycles. The summed E-state index contributed by atoms with van der Waals surface area (Å²) in [7, 11) is 0. The van der Waals surface area contributed by atoms with E-state index in [2.05, 4.69) is 4.99 Å². The minimum absolute atomic E-state index is 0.00590. The second kappa shape index (κ2) is 7.38. The smallest absolute Gasteiger partial charge is 0.168 e. The molecule has 3 aromatic rings. The average Bonchev–Trinajstić information content (AvgIpc) is 2.64. The summed E-state index contributed by atoms with van der Waals surface area (Å²) in [5, 5.41) is 9.97. The molecule has 3 aromatic carbocycles.